The molecule has 0 aliphatic heterocycles. The van der Waals surface area contributed by atoms with Crippen LogP contribution in [0.4, 0.5) is 5.69 Å². The molecule has 0 atom stereocenters. The summed E-state index contributed by atoms with van der Waals surface area (Å²) in [5.41, 5.74) is 7.14. The highest BCUT2D eigenvalue weighted by molar-refractivity contribution is 5.81. The number of fused-ring (bicyclic) bond motifs is 1. The Kier molecular flexibility index (Phi) is 1.94. The van der Waals surface area contributed by atoms with Crippen LogP contribution in [0.3, 0.4) is 0 Å². The van der Waals surface area contributed by atoms with Crippen molar-refractivity contribution in [2.75, 3.05) is 12.8 Å². The number of anilines is 1. The standard InChI is InChI=1S/C10H11NO2/c1-12-6-9-4-7-2-3-8(11)5-10(7)13-9/h2-5H,6,11H2,1H3. The van der Waals surface area contributed by atoms with E-state index in [0.717, 1.165) is 16.7 Å². The van der Waals surface area contributed by atoms with E-state index >= 15 is 0 Å². The van der Waals surface area contributed by atoms with Crippen LogP contribution in [0.2, 0.25) is 0 Å². The Balaban J connectivity index is 2.49. The molecule has 1 aromatic heterocycles. The van der Waals surface area contributed by atoms with E-state index in [2.05, 4.69) is 0 Å². The van der Waals surface area contributed by atoms with Gasteiger partial charge in [0.2, 0.25) is 0 Å². The lowest BCUT2D eigenvalue weighted by molar-refractivity contribution is 0.166. The number of nitrogen functional groups attached to an aromatic ring is 1. The second-order valence-corrected chi connectivity index (χ2v) is 2.94. The van der Waals surface area contributed by atoms with Gasteiger partial charge in [0.15, 0.2) is 0 Å². The van der Waals surface area contributed by atoms with Crippen LogP contribution in [0.1, 0.15) is 5.76 Å². The SMILES string of the molecule is COCc1cc2ccc(N)cc2o1. The van der Waals surface area contributed by atoms with E-state index in [-0.39, 0.29) is 0 Å². The van der Waals surface area contributed by atoms with Crippen molar-refractivity contribution in [1.29, 1.82) is 0 Å². The smallest absolute Gasteiger partial charge is 0.136 e. The van der Waals surface area contributed by atoms with Crippen molar-refractivity contribution in [3.8, 4) is 0 Å². The van der Waals surface area contributed by atoms with Crippen molar-refractivity contribution in [1.82, 2.24) is 0 Å². The maximum atomic E-state index is 5.62. The van der Waals surface area contributed by atoms with Crippen molar-refractivity contribution >= 4 is 16.7 Å². The summed E-state index contributed by atoms with van der Waals surface area (Å²) in [6, 6.07) is 7.56. The van der Waals surface area contributed by atoms with Gasteiger partial charge in [-0.1, -0.05) is 0 Å². The van der Waals surface area contributed by atoms with E-state index in [1.54, 1.807) is 7.11 Å². The quantitative estimate of drug-likeness (QED) is 0.715. The number of nitrogens with two attached hydrogens (primary N) is 1. The molecule has 0 bridgehead atoms. The number of rotatable bonds is 2. The minimum Gasteiger partial charge on any atom is -0.459 e. The van der Waals surface area contributed by atoms with Gasteiger partial charge >= 0.3 is 0 Å². The molecule has 0 radical (unpaired) electrons. The Bertz CT molecular complexity index is 420. The minimum atomic E-state index is 0.495. The van der Waals surface area contributed by atoms with Gasteiger partial charge < -0.3 is 14.9 Å². The Labute approximate surface area is 76.1 Å². The number of methoxy groups -OCH3 is 1. The van der Waals surface area contributed by atoms with E-state index in [0.29, 0.717) is 12.3 Å². The van der Waals surface area contributed by atoms with Gasteiger partial charge in [0.25, 0.3) is 0 Å². The monoisotopic (exact) mass is 177 g/mol. The maximum Gasteiger partial charge on any atom is 0.136 e. The molecular formula is C10H11NO2. The predicted molar refractivity (Wildman–Crippen MR) is 51.3 cm³/mol. The highest BCUT2D eigenvalue weighted by atomic mass is 16.5. The Hall–Kier alpha value is -1.48. The zero-order valence-electron chi connectivity index (χ0n) is 7.41. The minimum absolute atomic E-state index is 0.495. The molecule has 0 saturated carbocycles. The fourth-order valence-electron chi connectivity index (χ4n) is 1.32. The number of ether oxygens (including phenoxy) is 1. The molecule has 0 fully saturated rings. The third-order valence-electron chi connectivity index (χ3n) is 1.88. The molecule has 2 aromatic rings. The average molecular weight is 177 g/mol. The lowest BCUT2D eigenvalue weighted by atomic mass is 10.2. The number of benzene rings is 1. The summed E-state index contributed by atoms with van der Waals surface area (Å²) in [7, 11) is 1.64. The lowest BCUT2D eigenvalue weighted by Crippen LogP contribution is -1.81. The fraction of sp³-hybridized carbons (Fsp3) is 0.200. The van der Waals surface area contributed by atoms with Gasteiger partial charge in [-0.2, -0.15) is 0 Å². The normalized spacial score (nSPS) is 10.8. The highest BCUT2D eigenvalue weighted by Gasteiger charge is 2.02. The Morgan fingerprint density at radius 1 is 1.38 bits per heavy atom. The Morgan fingerprint density at radius 2 is 2.23 bits per heavy atom. The summed E-state index contributed by atoms with van der Waals surface area (Å²) in [5.74, 6) is 0.822. The summed E-state index contributed by atoms with van der Waals surface area (Å²) in [6.45, 7) is 0.495. The summed E-state index contributed by atoms with van der Waals surface area (Å²) < 4.78 is 10.4. The molecule has 0 aliphatic carbocycles. The number of furan rings is 1. The largest absolute Gasteiger partial charge is 0.459 e. The Morgan fingerprint density at radius 3 is 3.00 bits per heavy atom. The predicted octanol–water partition coefficient (Wildman–Crippen LogP) is 2.16. The molecule has 13 heavy (non-hydrogen) atoms. The number of hydrogen-bond acceptors (Lipinski definition) is 3. The van der Waals surface area contributed by atoms with Crippen molar-refractivity contribution in [3.63, 3.8) is 0 Å². The van der Waals surface area contributed by atoms with Gasteiger partial charge in [0, 0.05) is 24.2 Å². The van der Waals surface area contributed by atoms with Crippen molar-refractivity contribution < 1.29 is 9.15 Å². The fourth-order valence-corrected chi connectivity index (χ4v) is 1.32. The molecule has 68 valence electrons. The van der Waals surface area contributed by atoms with Gasteiger partial charge in [0.05, 0.1) is 0 Å². The van der Waals surface area contributed by atoms with Crippen LogP contribution in [0.25, 0.3) is 11.0 Å². The topological polar surface area (TPSA) is 48.4 Å². The molecule has 0 amide bonds. The van der Waals surface area contributed by atoms with Crippen molar-refractivity contribution in [2.45, 2.75) is 6.61 Å². The molecule has 0 aliphatic rings. The zero-order chi connectivity index (χ0) is 9.26. The second-order valence-electron chi connectivity index (χ2n) is 2.94. The summed E-state index contributed by atoms with van der Waals surface area (Å²) in [6.07, 6.45) is 0. The maximum absolute atomic E-state index is 5.62. The molecular weight excluding hydrogens is 166 g/mol. The van der Waals surface area contributed by atoms with Gasteiger partial charge in [-0.3, -0.25) is 0 Å². The molecule has 1 heterocycles. The first-order chi connectivity index (χ1) is 6.29. The van der Waals surface area contributed by atoms with Crippen LogP contribution in [-0.2, 0) is 11.3 Å². The van der Waals surface area contributed by atoms with Gasteiger partial charge in [-0.05, 0) is 18.2 Å². The summed E-state index contributed by atoms with van der Waals surface area (Å²) >= 11 is 0. The molecule has 3 heteroatoms. The first kappa shape index (κ1) is 8.13. The van der Waals surface area contributed by atoms with Gasteiger partial charge in [-0.25, -0.2) is 0 Å². The van der Waals surface area contributed by atoms with E-state index in [1.807, 2.05) is 24.3 Å². The number of hydrogen-bond donors (Lipinski definition) is 1. The average Bonchev–Trinajstić information content (AvgIpc) is 2.46. The van der Waals surface area contributed by atoms with E-state index in [1.165, 1.54) is 0 Å². The second kappa shape index (κ2) is 3.11. The van der Waals surface area contributed by atoms with Gasteiger partial charge in [-0.15, -0.1) is 0 Å². The molecule has 0 saturated heterocycles. The molecule has 0 unspecified atom stereocenters. The summed E-state index contributed by atoms with van der Waals surface area (Å²) in [4.78, 5) is 0. The molecule has 1 aromatic carbocycles. The molecule has 3 nitrogen and oxygen atoms in total. The first-order valence-corrected chi connectivity index (χ1v) is 4.06. The van der Waals surface area contributed by atoms with Crippen LogP contribution in [0, 0.1) is 0 Å². The third kappa shape index (κ3) is 1.51. The molecule has 2 rings (SSSR count). The molecule has 0 spiro atoms. The highest BCUT2D eigenvalue weighted by Crippen LogP contribution is 2.21. The lowest BCUT2D eigenvalue weighted by Gasteiger charge is -1.91. The van der Waals surface area contributed by atoms with Crippen molar-refractivity contribution in [2.24, 2.45) is 0 Å². The van der Waals surface area contributed by atoms with Gasteiger partial charge in [0.1, 0.15) is 18.0 Å². The van der Waals surface area contributed by atoms with Crippen LogP contribution in [0.5, 0.6) is 0 Å². The molecule has 2 N–H and O–H groups in total. The third-order valence-corrected chi connectivity index (χ3v) is 1.88. The van der Waals surface area contributed by atoms with E-state index < -0.39 is 0 Å². The van der Waals surface area contributed by atoms with Crippen LogP contribution in [-0.4, -0.2) is 7.11 Å². The van der Waals surface area contributed by atoms with E-state index in [4.69, 9.17) is 14.9 Å². The van der Waals surface area contributed by atoms with Crippen LogP contribution >= 0.6 is 0 Å². The van der Waals surface area contributed by atoms with E-state index in [9.17, 15) is 0 Å². The first-order valence-electron chi connectivity index (χ1n) is 4.06. The summed E-state index contributed by atoms with van der Waals surface area (Å²) in [5, 5.41) is 1.06. The zero-order valence-corrected chi connectivity index (χ0v) is 7.41. The van der Waals surface area contributed by atoms with Crippen LogP contribution in [0.15, 0.2) is 28.7 Å². The van der Waals surface area contributed by atoms with Crippen LogP contribution < -0.4 is 5.73 Å². The van der Waals surface area contributed by atoms with Crippen molar-refractivity contribution in [3.05, 3.63) is 30.0 Å².